The Labute approximate surface area is 83.5 Å². The normalized spacial score (nSPS) is 11.9. The van der Waals surface area contributed by atoms with Crippen LogP contribution in [0.4, 0.5) is 4.79 Å². The van der Waals surface area contributed by atoms with Crippen LogP contribution in [-0.4, -0.2) is 12.2 Å². The van der Waals surface area contributed by atoms with Crippen LogP contribution in [0.1, 0.15) is 12.5 Å². The van der Waals surface area contributed by atoms with E-state index in [-0.39, 0.29) is 12.2 Å². The Bertz CT molecular complexity index is 285. The summed E-state index contributed by atoms with van der Waals surface area (Å²) in [7, 11) is 0. The number of urea groups is 1. The van der Waals surface area contributed by atoms with Gasteiger partial charge >= 0.3 is 6.03 Å². The Morgan fingerprint density at radius 3 is 2.64 bits per heavy atom. The van der Waals surface area contributed by atoms with Crippen LogP contribution in [0.15, 0.2) is 30.3 Å². The molecule has 1 rings (SSSR count). The molecule has 0 radical (unpaired) electrons. The van der Waals surface area contributed by atoms with Crippen molar-refractivity contribution in [1.29, 1.82) is 0 Å². The van der Waals surface area contributed by atoms with E-state index in [9.17, 15) is 4.79 Å². The Kier molecular flexibility index (Phi) is 3.94. The van der Waals surface area contributed by atoms with Gasteiger partial charge in [-0.05, 0) is 12.5 Å². The highest BCUT2D eigenvalue weighted by Gasteiger charge is 2.01. The Balaban J connectivity index is 2.31. The van der Waals surface area contributed by atoms with Gasteiger partial charge < -0.3 is 16.4 Å². The first-order chi connectivity index (χ1) is 6.68. The molecule has 0 spiro atoms. The van der Waals surface area contributed by atoms with Crippen LogP contribution < -0.4 is 16.4 Å². The molecule has 4 nitrogen and oxygen atoms in total. The lowest BCUT2D eigenvalue weighted by Crippen LogP contribution is -2.44. The number of hydrogen-bond acceptors (Lipinski definition) is 2. The molecule has 1 aromatic rings. The molecule has 0 saturated heterocycles. The summed E-state index contributed by atoms with van der Waals surface area (Å²) < 4.78 is 0. The Morgan fingerprint density at radius 2 is 2.07 bits per heavy atom. The maximum absolute atomic E-state index is 11.1. The quantitative estimate of drug-likeness (QED) is 0.621. The maximum Gasteiger partial charge on any atom is 0.316 e. The summed E-state index contributed by atoms with van der Waals surface area (Å²) in [6.07, 6.45) is -0.328. The van der Waals surface area contributed by atoms with E-state index < -0.39 is 0 Å². The van der Waals surface area contributed by atoms with Crippen LogP contribution in [0, 0.1) is 0 Å². The lowest BCUT2D eigenvalue weighted by atomic mass is 10.2. The van der Waals surface area contributed by atoms with Crippen molar-refractivity contribution < 1.29 is 4.79 Å². The smallest absolute Gasteiger partial charge is 0.316 e. The summed E-state index contributed by atoms with van der Waals surface area (Å²) in [5.74, 6) is 0. The molecule has 0 aliphatic rings. The second-order valence-electron chi connectivity index (χ2n) is 3.10. The monoisotopic (exact) mass is 193 g/mol. The molecule has 14 heavy (non-hydrogen) atoms. The topological polar surface area (TPSA) is 67.1 Å². The standard InChI is InChI=1S/C10H15N3O/c1-8(11)13-10(14)12-7-9-5-3-2-4-6-9/h2-6,8H,7,11H2,1H3,(H2,12,13,14). The first-order valence-electron chi connectivity index (χ1n) is 4.52. The van der Waals surface area contributed by atoms with Gasteiger partial charge in [-0.3, -0.25) is 0 Å². The minimum atomic E-state index is -0.328. The van der Waals surface area contributed by atoms with E-state index in [0.717, 1.165) is 5.56 Å². The lowest BCUT2D eigenvalue weighted by Gasteiger charge is -2.09. The fourth-order valence-electron chi connectivity index (χ4n) is 1.04. The second kappa shape index (κ2) is 5.24. The van der Waals surface area contributed by atoms with E-state index in [4.69, 9.17) is 5.73 Å². The molecule has 4 N–H and O–H groups in total. The number of amides is 2. The maximum atomic E-state index is 11.1. The molecular weight excluding hydrogens is 178 g/mol. The van der Waals surface area contributed by atoms with Crippen molar-refractivity contribution in [3.8, 4) is 0 Å². The van der Waals surface area contributed by atoms with Crippen LogP contribution in [0.2, 0.25) is 0 Å². The molecule has 4 heteroatoms. The average molecular weight is 193 g/mol. The molecule has 0 heterocycles. The minimum absolute atomic E-state index is 0.246. The fourth-order valence-corrected chi connectivity index (χ4v) is 1.04. The van der Waals surface area contributed by atoms with Crippen LogP contribution in [-0.2, 0) is 6.54 Å². The number of nitrogens with one attached hydrogen (secondary N) is 2. The molecule has 1 aromatic carbocycles. The Morgan fingerprint density at radius 1 is 1.43 bits per heavy atom. The van der Waals surface area contributed by atoms with E-state index in [1.54, 1.807) is 6.92 Å². The Hall–Kier alpha value is -1.55. The molecule has 0 aromatic heterocycles. The highest BCUT2D eigenvalue weighted by atomic mass is 16.2. The average Bonchev–Trinajstić information content (AvgIpc) is 2.15. The van der Waals surface area contributed by atoms with Crippen molar-refractivity contribution in [3.05, 3.63) is 35.9 Å². The van der Waals surface area contributed by atoms with Crippen molar-refractivity contribution in [3.63, 3.8) is 0 Å². The SMILES string of the molecule is CC(N)NC(=O)NCc1ccccc1. The third-order valence-corrected chi connectivity index (χ3v) is 1.65. The van der Waals surface area contributed by atoms with E-state index in [1.807, 2.05) is 30.3 Å². The van der Waals surface area contributed by atoms with Gasteiger partial charge in [0.1, 0.15) is 0 Å². The predicted molar refractivity (Wildman–Crippen MR) is 55.5 cm³/mol. The molecule has 0 bridgehead atoms. The zero-order valence-corrected chi connectivity index (χ0v) is 8.16. The summed E-state index contributed by atoms with van der Waals surface area (Å²) in [6, 6.07) is 9.45. The van der Waals surface area contributed by atoms with Crippen molar-refractivity contribution in [2.24, 2.45) is 5.73 Å². The van der Waals surface area contributed by atoms with Gasteiger partial charge in [0.25, 0.3) is 0 Å². The third-order valence-electron chi connectivity index (χ3n) is 1.65. The zero-order valence-electron chi connectivity index (χ0n) is 8.16. The first-order valence-corrected chi connectivity index (χ1v) is 4.52. The minimum Gasteiger partial charge on any atom is -0.334 e. The molecule has 0 saturated carbocycles. The first kappa shape index (κ1) is 10.5. The van der Waals surface area contributed by atoms with E-state index >= 15 is 0 Å². The van der Waals surface area contributed by atoms with Crippen LogP contribution in [0.5, 0.6) is 0 Å². The number of hydrogen-bond donors (Lipinski definition) is 3. The van der Waals surface area contributed by atoms with Crippen molar-refractivity contribution in [2.75, 3.05) is 0 Å². The number of benzene rings is 1. The van der Waals surface area contributed by atoms with Crippen molar-refractivity contribution in [1.82, 2.24) is 10.6 Å². The van der Waals surface area contributed by atoms with Gasteiger partial charge in [0, 0.05) is 6.54 Å². The number of rotatable bonds is 3. The van der Waals surface area contributed by atoms with Gasteiger partial charge in [-0.1, -0.05) is 30.3 Å². The predicted octanol–water partition coefficient (Wildman–Crippen LogP) is 0.790. The molecule has 2 amide bonds. The molecule has 1 unspecified atom stereocenters. The summed E-state index contributed by atoms with van der Waals surface area (Å²) >= 11 is 0. The van der Waals surface area contributed by atoms with Gasteiger partial charge in [0.15, 0.2) is 0 Å². The largest absolute Gasteiger partial charge is 0.334 e. The highest BCUT2D eigenvalue weighted by Crippen LogP contribution is 1.96. The van der Waals surface area contributed by atoms with Gasteiger partial charge in [-0.15, -0.1) is 0 Å². The van der Waals surface area contributed by atoms with Crippen LogP contribution in [0.25, 0.3) is 0 Å². The second-order valence-corrected chi connectivity index (χ2v) is 3.10. The van der Waals surface area contributed by atoms with Gasteiger partial charge in [-0.25, -0.2) is 4.79 Å². The molecule has 0 aliphatic heterocycles. The van der Waals surface area contributed by atoms with E-state index in [1.165, 1.54) is 0 Å². The zero-order chi connectivity index (χ0) is 10.4. The molecule has 0 fully saturated rings. The summed E-state index contributed by atoms with van der Waals surface area (Å²) in [5, 5.41) is 5.24. The van der Waals surface area contributed by atoms with Crippen LogP contribution >= 0.6 is 0 Å². The van der Waals surface area contributed by atoms with Gasteiger partial charge in [0.2, 0.25) is 0 Å². The number of carbonyl (C=O) groups excluding carboxylic acids is 1. The fraction of sp³-hybridized carbons (Fsp3) is 0.300. The number of carbonyl (C=O) groups is 1. The van der Waals surface area contributed by atoms with Gasteiger partial charge in [0.05, 0.1) is 6.17 Å². The lowest BCUT2D eigenvalue weighted by molar-refractivity contribution is 0.237. The summed E-state index contributed by atoms with van der Waals surface area (Å²) in [6.45, 7) is 2.22. The molecular formula is C10H15N3O. The van der Waals surface area contributed by atoms with Gasteiger partial charge in [-0.2, -0.15) is 0 Å². The van der Waals surface area contributed by atoms with Crippen LogP contribution in [0.3, 0.4) is 0 Å². The molecule has 1 atom stereocenters. The molecule has 76 valence electrons. The molecule has 0 aliphatic carbocycles. The third kappa shape index (κ3) is 3.91. The van der Waals surface area contributed by atoms with E-state index in [0.29, 0.717) is 6.54 Å². The van der Waals surface area contributed by atoms with Crippen molar-refractivity contribution in [2.45, 2.75) is 19.6 Å². The number of nitrogens with two attached hydrogens (primary N) is 1. The summed E-state index contributed by atoms with van der Waals surface area (Å²) in [4.78, 5) is 11.1. The van der Waals surface area contributed by atoms with Crippen molar-refractivity contribution >= 4 is 6.03 Å². The van der Waals surface area contributed by atoms with E-state index in [2.05, 4.69) is 10.6 Å². The highest BCUT2D eigenvalue weighted by molar-refractivity contribution is 5.74. The summed E-state index contributed by atoms with van der Waals surface area (Å²) in [5.41, 5.74) is 6.45.